The number of nitrogens with zero attached hydrogens (tertiary/aromatic N) is 1. The maximum Gasteiger partial charge on any atom is 0.222 e. The van der Waals surface area contributed by atoms with Crippen LogP contribution in [0, 0.1) is 5.92 Å². The maximum atomic E-state index is 12.1. The Hall–Kier alpha value is -1.55. The number of hydrogen-bond donors (Lipinski definition) is 1. The van der Waals surface area contributed by atoms with Gasteiger partial charge < -0.3 is 15.0 Å². The van der Waals surface area contributed by atoms with Crippen LogP contribution in [0.3, 0.4) is 0 Å². The molecule has 2 fully saturated rings. The molecule has 2 atom stereocenters. The Morgan fingerprint density at radius 3 is 2.95 bits per heavy atom. The molecule has 1 N–H and O–H groups in total. The van der Waals surface area contributed by atoms with E-state index in [1.807, 2.05) is 30.3 Å². The summed E-state index contributed by atoms with van der Waals surface area (Å²) in [5, 5.41) is 3.43. The summed E-state index contributed by atoms with van der Waals surface area (Å²) >= 11 is 0. The van der Waals surface area contributed by atoms with Crippen LogP contribution in [-0.4, -0.2) is 43.1 Å². The Morgan fingerprint density at radius 2 is 2.10 bits per heavy atom. The first-order valence-corrected chi connectivity index (χ1v) is 7.52. The number of piperidine rings is 2. The molecule has 2 aliphatic rings. The monoisotopic (exact) mass is 274 g/mol. The molecule has 0 saturated carbocycles. The van der Waals surface area contributed by atoms with E-state index in [1.54, 1.807) is 0 Å². The van der Waals surface area contributed by atoms with Gasteiger partial charge in [0, 0.05) is 12.5 Å². The van der Waals surface area contributed by atoms with Gasteiger partial charge in [0.05, 0.1) is 6.54 Å². The second-order valence-electron chi connectivity index (χ2n) is 5.61. The highest BCUT2D eigenvalue weighted by atomic mass is 16.5. The molecule has 2 heterocycles. The Kier molecular flexibility index (Phi) is 4.21. The lowest BCUT2D eigenvalue weighted by Gasteiger charge is -2.44. The molecule has 0 bridgehead atoms. The van der Waals surface area contributed by atoms with Crippen molar-refractivity contribution < 1.29 is 9.53 Å². The fourth-order valence-corrected chi connectivity index (χ4v) is 3.32. The summed E-state index contributed by atoms with van der Waals surface area (Å²) < 4.78 is 5.73. The molecule has 2 aliphatic heterocycles. The number of para-hydroxylation sites is 1. The molecule has 0 radical (unpaired) electrons. The van der Waals surface area contributed by atoms with E-state index in [9.17, 15) is 4.79 Å². The SMILES string of the molecule is O=C1CCC2CNCCC2N1CCOc1ccccc1. The van der Waals surface area contributed by atoms with Crippen LogP contribution in [0.25, 0.3) is 0 Å². The summed E-state index contributed by atoms with van der Waals surface area (Å²) in [4.78, 5) is 14.2. The van der Waals surface area contributed by atoms with Crippen molar-refractivity contribution in [1.29, 1.82) is 0 Å². The number of hydrogen-bond acceptors (Lipinski definition) is 3. The topological polar surface area (TPSA) is 41.6 Å². The minimum Gasteiger partial charge on any atom is -0.492 e. The van der Waals surface area contributed by atoms with Crippen LogP contribution in [-0.2, 0) is 4.79 Å². The van der Waals surface area contributed by atoms with Gasteiger partial charge in [-0.05, 0) is 44.0 Å². The third kappa shape index (κ3) is 2.96. The summed E-state index contributed by atoms with van der Waals surface area (Å²) in [6, 6.07) is 10.2. The first-order chi connectivity index (χ1) is 9.84. The first-order valence-electron chi connectivity index (χ1n) is 7.52. The molecule has 3 rings (SSSR count). The van der Waals surface area contributed by atoms with Gasteiger partial charge in [-0.1, -0.05) is 18.2 Å². The largest absolute Gasteiger partial charge is 0.492 e. The van der Waals surface area contributed by atoms with Crippen molar-refractivity contribution in [3.8, 4) is 5.75 Å². The molecule has 1 aromatic carbocycles. The molecule has 2 unspecified atom stereocenters. The lowest BCUT2D eigenvalue weighted by molar-refractivity contribution is -0.140. The van der Waals surface area contributed by atoms with Crippen molar-refractivity contribution >= 4 is 5.91 Å². The van der Waals surface area contributed by atoms with Gasteiger partial charge in [-0.25, -0.2) is 0 Å². The second kappa shape index (κ2) is 6.27. The van der Waals surface area contributed by atoms with Crippen molar-refractivity contribution in [2.45, 2.75) is 25.3 Å². The van der Waals surface area contributed by atoms with Crippen LogP contribution in [0.5, 0.6) is 5.75 Å². The lowest BCUT2D eigenvalue weighted by Crippen LogP contribution is -2.55. The molecular weight excluding hydrogens is 252 g/mol. The van der Waals surface area contributed by atoms with E-state index in [1.165, 1.54) is 0 Å². The predicted molar refractivity (Wildman–Crippen MR) is 77.6 cm³/mol. The smallest absolute Gasteiger partial charge is 0.222 e. The van der Waals surface area contributed by atoms with Gasteiger partial charge in [-0.3, -0.25) is 4.79 Å². The molecule has 0 spiro atoms. The molecule has 4 heteroatoms. The third-order valence-corrected chi connectivity index (χ3v) is 4.36. The molecule has 0 aromatic heterocycles. The maximum absolute atomic E-state index is 12.1. The number of carbonyl (C=O) groups excluding carboxylic acids is 1. The second-order valence-corrected chi connectivity index (χ2v) is 5.61. The summed E-state index contributed by atoms with van der Waals surface area (Å²) in [5.74, 6) is 1.79. The van der Waals surface area contributed by atoms with Crippen molar-refractivity contribution in [3.05, 3.63) is 30.3 Å². The van der Waals surface area contributed by atoms with E-state index < -0.39 is 0 Å². The lowest BCUT2D eigenvalue weighted by atomic mass is 9.84. The quantitative estimate of drug-likeness (QED) is 0.908. The predicted octanol–water partition coefficient (Wildman–Crippen LogP) is 1.67. The first kappa shape index (κ1) is 13.4. The van der Waals surface area contributed by atoms with E-state index in [4.69, 9.17) is 4.74 Å². The van der Waals surface area contributed by atoms with Crippen molar-refractivity contribution in [1.82, 2.24) is 10.2 Å². The van der Waals surface area contributed by atoms with E-state index in [2.05, 4.69) is 10.2 Å². The third-order valence-electron chi connectivity index (χ3n) is 4.36. The van der Waals surface area contributed by atoms with Gasteiger partial charge in [-0.2, -0.15) is 0 Å². The molecular formula is C16H22N2O2. The summed E-state index contributed by atoms with van der Waals surface area (Å²) in [5.41, 5.74) is 0. The van der Waals surface area contributed by atoms with Gasteiger partial charge in [0.1, 0.15) is 12.4 Å². The molecule has 1 aromatic rings. The summed E-state index contributed by atoms with van der Waals surface area (Å²) in [7, 11) is 0. The number of ether oxygens (including phenoxy) is 1. The minimum atomic E-state index is 0.296. The fourth-order valence-electron chi connectivity index (χ4n) is 3.32. The number of benzene rings is 1. The van der Waals surface area contributed by atoms with Gasteiger partial charge >= 0.3 is 0 Å². The van der Waals surface area contributed by atoms with E-state index in [-0.39, 0.29) is 0 Å². The molecule has 4 nitrogen and oxygen atoms in total. The molecule has 1 amide bonds. The van der Waals surface area contributed by atoms with Gasteiger partial charge in [-0.15, -0.1) is 0 Å². The van der Waals surface area contributed by atoms with Crippen molar-refractivity contribution in [2.75, 3.05) is 26.2 Å². The van der Waals surface area contributed by atoms with Crippen LogP contribution >= 0.6 is 0 Å². The van der Waals surface area contributed by atoms with Crippen molar-refractivity contribution in [3.63, 3.8) is 0 Å². The highest BCUT2D eigenvalue weighted by molar-refractivity contribution is 5.77. The van der Waals surface area contributed by atoms with Gasteiger partial charge in [0.2, 0.25) is 5.91 Å². The molecule has 0 aliphatic carbocycles. The van der Waals surface area contributed by atoms with E-state index in [0.29, 0.717) is 37.4 Å². The zero-order valence-electron chi connectivity index (χ0n) is 11.8. The number of nitrogens with one attached hydrogen (secondary N) is 1. The van der Waals surface area contributed by atoms with E-state index >= 15 is 0 Å². The zero-order chi connectivity index (χ0) is 13.8. The Balaban J connectivity index is 1.55. The highest BCUT2D eigenvalue weighted by Crippen LogP contribution is 2.28. The van der Waals surface area contributed by atoms with Crippen LogP contribution in [0.15, 0.2) is 30.3 Å². The Labute approximate surface area is 120 Å². The Bertz CT molecular complexity index is 449. The standard InChI is InChI=1S/C16H22N2O2/c19-16-7-6-13-12-17-9-8-15(13)18(16)10-11-20-14-4-2-1-3-5-14/h1-5,13,15,17H,6-12H2. The molecule has 108 valence electrons. The van der Waals surface area contributed by atoms with Gasteiger partial charge in [0.25, 0.3) is 0 Å². The van der Waals surface area contributed by atoms with Crippen LogP contribution in [0.4, 0.5) is 0 Å². The molecule has 20 heavy (non-hydrogen) atoms. The highest BCUT2D eigenvalue weighted by Gasteiger charge is 2.36. The number of carbonyl (C=O) groups is 1. The minimum absolute atomic E-state index is 0.296. The fraction of sp³-hybridized carbons (Fsp3) is 0.562. The summed E-state index contributed by atoms with van der Waals surface area (Å²) in [6.07, 6.45) is 2.79. The van der Waals surface area contributed by atoms with Crippen molar-refractivity contribution in [2.24, 2.45) is 5.92 Å². The zero-order valence-corrected chi connectivity index (χ0v) is 11.8. The average molecular weight is 274 g/mol. The average Bonchev–Trinajstić information content (AvgIpc) is 2.50. The van der Waals surface area contributed by atoms with E-state index in [0.717, 1.165) is 31.7 Å². The number of fused-ring (bicyclic) bond motifs is 1. The Morgan fingerprint density at radius 1 is 1.25 bits per heavy atom. The number of rotatable bonds is 4. The number of likely N-dealkylation sites (tertiary alicyclic amines) is 1. The normalized spacial score (nSPS) is 26.2. The van der Waals surface area contributed by atoms with Crippen LogP contribution in [0.1, 0.15) is 19.3 Å². The number of amides is 1. The van der Waals surface area contributed by atoms with Crippen LogP contribution < -0.4 is 10.1 Å². The van der Waals surface area contributed by atoms with Crippen LogP contribution in [0.2, 0.25) is 0 Å². The van der Waals surface area contributed by atoms with Gasteiger partial charge in [0.15, 0.2) is 0 Å². The summed E-state index contributed by atoms with van der Waals surface area (Å²) in [6.45, 7) is 3.35. The molecule has 2 saturated heterocycles.